The van der Waals surface area contributed by atoms with Gasteiger partial charge in [-0.15, -0.1) is 0 Å². The summed E-state index contributed by atoms with van der Waals surface area (Å²) in [6.07, 6.45) is 11.5. The summed E-state index contributed by atoms with van der Waals surface area (Å²) < 4.78 is 0. The number of anilines is 2. The van der Waals surface area contributed by atoms with Gasteiger partial charge in [0.15, 0.2) is 0 Å². The molecule has 4 heteroatoms. The van der Waals surface area contributed by atoms with Gasteiger partial charge < -0.3 is 10.6 Å². The average Bonchev–Trinajstić information content (AvgIpc) is 2.64. The second kappa shape index (κ2) is 9.06. The molecular formula is C20H26N4. The number of aromatic nitrogens is 2. The number of hydrogen-bond donors (Lipinski definition) is 2. The Labute approximate surface area is 144 Å². The molecule has 0 saturated heterocycles. The Morgan fingerprint density at radius 1 is 0.917 bits per heavy atom. The Kier molecular flexibility index (Phi) is 6.23. The minimum Gasteiger partial charge on any atom is -0.370 e. The number of nitrogens with one attached hydrogen (secondary N) is 2. The number of hydrogen-bond acceptors (Lipinski definition) is 4. The molecule has 4 nitrogen and oxygen atoms in total. The lowest BCUT2D eigenvalue weighted by atomic mass is 9.97. The van der Waals surface area contributed by atoms with Crippen molar-refractivity contribution in [3.05, 3.63) is 59.8 Å². The largest absolute Gasteiger partial charge is 0.370 e. The molecule has 0 bridgehead atoms. The second-order valence-corrected chi connectivity index (χ2v) is 6.21. The molecule has 1 aromatic carbocycles. The summed E-state index contributed by atoms with van der Waals surface area (Å²) in [5.41, 5.74) is 2.91. The van der Waals surface area contributed by atoms with Crippen LogP contribution in [-0.2, 0) is 6.42 Å². The van der Waals surface area contributed by atoms with Crippen molar-refractivity contribution in [1.82, 2.24) is 9.97 Å². The molecular weight excluding hydrogens is 296 g/mol. The summed E-state index contributed by atoms with van der Waals surface area (Å²) in [6.45, 7) is 1.77. The van der Waals surface area contributed by atoms with Crippen LogP contribution >= 0.6 is 0 Å². The minimum absolute atomic E-state index is 0.688. The van der Waals surface area contributed by atoms with E-state index in [0.29, 0.717) is 5.95 Å². The van der Waals surface area contributed by atoms with E-state index in [9.17, 15) is 0 Å². The van der Waals surface area contributed by atoms with Crippen LogP contribution in [0.25, 0.3) is 0 Å². The van der Waals surface area contributed by atoms with Crippen molar-refractivity contribution in [3.8, 4) is 0 Å². The Morgan fingerprint density at radius 3 is 2.62 bits per heavy atom. The molecule has 1 aliphatic carbocycles. The molecule has 0 aliphatic heterocycles. The quantitative estimate of drug-likeness (QED) is 0.706. The molecule has 0 saturated carbocycles. The fraction of sp³-hybridized carbons (Fsp3) is 0.400. The highest BCUT2D eigenvalue weighted by Crippen LogP contribution is 2.20. The highest BCUT2D eigenvalue weighted by Gasteiger charge is 2.04. The summed E-state index contributed by atoms with van der Waals surface area (Å²) in [5.74, 6) is 1.58. The molecule has 2 aromatic rings. The van der Waals surface area contributed by atoms with Gasteiger partial charge in [-0.1, -0.05) is 42.0 Å². The standard InChI is InChI=1S/C20H26N4/c1-3-7-17(8-4-1)11-14-21-19-13-16-23-20(24-19)22-15-12-18-9-5-2-6-10-18/h2,5-7,9-10,13,16H,1,3-4,8,11-12,14-15H2,(H2,21,22,23,24). The summed E-state index contributed by atoms with van der Waals surface area (Å²) in [5, 5.41) is 6.71. The van der Waals surface area contributed by atoms with Crippen molar-refractivity contribution in [1.29, 1.82) is 0 Å². The van der Waals surface area contributed by atoms with E-state index in [1.165, 1.54) is 31.2 Å². The molecule has 126 valence electrons. The van der Waals surface area contributed by atoms with E-state index in [2.05, 4.69) is 50.9 Å². The van der Waals surface area contributed by atoms with Crippen LogP contribution in [0.1, 0.15) is 37.7 Å². The first-order valence-corrected chi connectivity index (χ1v) is 8.93. The summed E-state index contributed by atoms with van der Waals surface area (Å²) in [6, 6.07) is 12.4. The normalized spacial score (nSPS) is 14.1. The smallest absolute Gasteiger partial charge is 0.224 e. The maximum atomic E-state index is 4.53. The molecule has 0 unspecified atom stereocenters. The van der Waals surface area contributed by atoms with E-state index < -0.39 is 0 Å². The van der Waals surface area contributed by atoms with Crippen LogP contribution in [0.3, 0.4) is 0 Å². The lowest BCUT2D eigenvalue weighted by molar-refractivity contribution is 0.679. The van der Waals surface area contributed by atoms with Crippen LogP contribution in [-0.4, -0.2) is 23.1 Å². The van der Waals surface area contributed by atoms with E-state index in [1.54, 1.807) is 11.8 Å². The van der Waals surface area contributed by atoms with Crippen LogP contribution in [0.15, 0.2) is 54.2 Å². The van der Waals surface area contributed by atoms with E-state index in [4.69, 9.17) is 0 Å². The molecule has 0 fully saturated rings. The third-order valence-electron chi connectivity index (χ3n) is 4.33. The number of allylic oxidation sites excluding steroid dienone is 1. The lowest BCUT2D eigenvalue weighted by Gasteiger charge is -2.13. The zero-order valence-corrected chi connectivity index (χ0v) is 14.2. The van der Waals surface area contributed by atoms with Gasteiger partial charge in [0.2, 0.25) is 5.95 Å². The number of benzene rings is 1. The maximum Gasteiger partial charge on any atom is 0.224 e. The zero-order chi connectivity index (χ0) is 16.5. The fourth-order valence-corrected chi connectivity index (χ4v) is 2.99. The maximum absolute atomic E-state index is 4.53. The minimum atomic E-state index is 0.688. The predicted octanol–water partition coefficient (Wildman–Crippen LogP) is 4.43. The van der Waals surface area contributed by atoms with Crippen molar-refractivity contribution in [2.24, 2.45) is 0 Å². The van der Waals surface area contributed by atoms with Crippen molar-refractivity contribution in [2.45, 2.75) is 38.5 Å². The molecule has 0 radical (unpaired) electrons. The highest BCUT2D eigenvalue weighted by atomic mass is 15.1. The van der Waals surface area contributed by atoms with Crippen LogP contribution in [0.4, 0.5) is 11.8 Å². The topological polar surface area (TPSA) is 49.8 Å². The summed E-state index contributed by atoms with van der Waals surface area (Å²) in [7, 11) is 0. The molecule has 2 N–H and O–H groups in total. The molecule has 1 heterocycles. The molecule has 0 atom stereocenters. The van der Waals surface area contributed by atoms with Gasteiger partial charge in [0, 0.05) is 19.3 Å². The van der Waals surface area contributed by atoms with Gasteiger partial charge >= 0.3 is 0 Å². The van der Waals surface area contributed by atoms with Gasteiger partial charge in [-0.2, -0.15) is 4.98 Å². The number of rotatable bonds is 8. The molecule has 0 amide bonds. The van der Waals surface area contributed by atoms with Gasteiger partial charge in [-0.25, -0.2) is 4.98 Å². The van der Waals surface area contributed by atoms with Crippen LogP contribution in [0, 0.1) is 0 Å². The fourth-order valence-electron chi connectivity index (χ4n) is 2.99. The zero-order valence-electron chi connectivity index (χ0n) is 14.2. The van der Waals surface area contributed by atoms with Crippen LogP contribution in [0.2, 0.25) is 0 Å². The number of nitrogens with zero attached hydrogens (tertiary/aromatic N) is 2. The van der Waals surface area contributed by atoms with Gasteiger partial charge in [0.05, 0.1) is 0 Å². The van der Waals surface area contributed by atoms with Crippen molar-refractivity contribution < 1.29 is 0 Å². The van der Waals surface area contributed by atoms with Gasteiger partial charge in [-0.05, 0) is 50.2 Å². The van der Waals surface area contributed by atoms with Gasteiger partial charge in [0.1, 0.15) is 5.82 Å². The van der Waals surface area contributed by atoms with Crippen LogP contribution in [0.5, 0.6) is 0 Å². The van der Waals surface area contributed by atoms with E-state index >= 15 is 0 Å². The summed E-state index contributed by atoms with van der Waals surface area (Å²) in [4.78, 5) is 8.83. The van der Waals surface area contributed by atoms with E-state index in [-0.39, 0.29) is 0 Å². The van der Waals surface area contributed by atoms with E-state index in [0.717, 1.165) is 31.7 Å². The molecule has 1 aromatic heterocycles. The van der Waals surface area contributed by atoms with Gasteiger partial charge in [0.25, 0.3) is 0 Å². The Balaban J connectivity index is 1.42. The predicted molar refractivity (Wildman–Crippen MR) is 100 cm³/mol. The highest BCUT2D eigenvalue weighted by molar-refractivity contribution is 5.39. The molecule has 1 aliphatic rings. The first-order chi connectivity index (χ1) is 11.9. The monoisotopic (exact) mass is 322 g/mol. The lowest BCUT2D eigenvalue weighted by Crippen LogP contribution is -2.10. The molecule has 24 heavy (non-hydrogen) atoms. The Morgan fingerprint density at radius 2 is 1.79 bits per heavy atom. The third-order valence-corrected chi connectivity index (χ3v) is 4.33. The van der Waals surface area contributed by atoms with Crippen molar-refractivity contribution >= 4 is 11.8 Å². The summed E-state index contributed by atoms with van der Waals surface area (Å²) >= 11 is 0. The van der Waals surface area contributed by atoms with Gasteiger partial charge in [-0.3, -0.25) is 0 Å². The third kappa shape index (κ3) is 5.37. The first kappa shape index (κ1) is 16.5. The van der Waals surface area contributed by atoms with Crippen LogP contribution < -0.4 is 10.6 Å². The van der Waals surface area contributed by atoms with Crippen molar-refractivity contribution in [3.63, 3.8) is 0 Å². The SMILES string of the molecule is C1=C(CCNc2ccnc(NCCc3ccccc3)n2)CCCC1. The molecule has 3 rings (SSSR count). The average molecular weight is 322 g/mol. The van der Waals surface area contributed by atoms with Crippen molar-refractivity contribution in [2.75, 3.05) is 23.7 Å². The first-order valence-electron chi connectivity index (χ1n) is 8.93. The Bertz CT molecular complexity index is 652. The molecule has 0 spiro atoms. The van der Waals surface area contributed by atoms with E-state index in [1.807, 2.05) is 12.1 Å². The second-order valence-electron chi connectivity index (χ2n) is 6.21. The Hall–Kier alpha value is -2.36.